The van der Waals surface area contributed by atoms with E-state index in [1.807, 2.05) is 11.8 Å². The van der Waals surface area contributed by atoms with Crippen LogP contribution >= 0.6 is 0 Å². The predicted molar refractivity (Wildman–Crippen MR) is 80.4 cm³/mol. The van der Waals surface area contributed by atoms with Gasteiger partial charge >= 0.3 is 11.9 Å². The zero-order valence-electron chi connectivity index (χ0n) is 13.8. The summed E-state index contributed by atoms with van der Waals surface area (Å²) < 4.78 is 14.9. The van der Waals surface area contributed by atoms with Crippen molar-refractivity contribution in [2.75, 3.05) is 46.1 Å². The van der Waals surface area contributed by atoms with Gasteiger partial charge in [-0.2, -0.15) is 0 Å². The van der Waals surface area contributed by atoms with E-state index < -0.39 is 0 Å². The van der Waals surface area contributed by atoms with Crippen molar-refractivity contribution < 1.29 is 28.6 Å². The maximum Gasteiger partial charge on any atom is 0.302 e. The fourth-order valence-corrected chi connectivity index (χ4v) is 1.71. The minimum Gasteiger partial charge on any atom is -0.465 e. The fourth-order valence-electron chi connectivity index (χ4n) is 1.71. The van der Waals surface area contributed by atoms with Crippen LogP contribution < -0.4 is 0 Å². The molecule has 0 radical (unpaired) electrons. The molecule has 22 heavy (non-hydrogen) atoms. The topological polar surface area (TPSA) is 82.1 Å². The monoisotopic (exact) mass is 317 g/mol. The summed E-state index contributed by atoms with van der Waals surface area (Å²) in [5.41, 5.74) is 0. The highest BCUT2D eigenvalue weighted by molar-refractivity contribution is 5.78. The molecule has 128 valence electrons. The second kappa shape index (κ2) is 13.2. The predicted octanol–water partition coefficient (Wildman–Crippen LogP) is 0.800. The first kappa shape index (κ1) is 20.5. The molecule has 0 aliphatic carbocycles. The first-order valence-corrected chi connectivity index (χ1v) is 7.54. The number of carbonyl (C=O) groups is 3. The summed E-state index contributed by atoms with van der Waals surface area (Å²) in [6.07, 6.45) is 0.794. The number of ether oxygens (including phenoxy) is 3. The Balaban J connectivity index is 4.05. The van der Waals surface area contributed by atoms with E-state index in [1.165, 1.54) is 13.8 Å². The molecular weight excluding hydrogens is 290 g/mol. The van der Waals surface area contributed by atoms with Crippen LogP contribution in [-0.4, -0.2) is 68.7 Å². The molecule has 0 amide bonds. The van der Waals surface area contributed by atoms with Gasteiger partial charge in [-0.1, -0.05) is 0 Å². The summed E-state index contributed by atoms with van der Waals surface area (Å²) in [4.78, 5) is 35.2. The molecule has 0 heterocycles. The zero-order valence-corrected chi connectivity index (χ0v) is 13.8. The van der Waals surface area contributed by atoms with Crippen LogP contribution in [0.4, 0.5) is 0 Å². The van der Waals surface area contributed by atoms with E-state index in [0.717, 1.165) is 0 Å². The molecule has 0 rings (SSSR count). The summed E-state index contributed by atoms with van der Waals surface area (Å²) in [6, 6.07) is 0. The van der Waals surface area contributed by atoms with Crippen LogP contribution in [0.5, 0.6) is 0 Å². The molecule has 0 atom stereocenters. The first-order valence-electron chi connectivity index (χ1n) is 7.54. The lowest BCUT2D eigenvalue weighted by molar-refractivity contribution is -0.141. The molecular formula is C15H27NO6. The van der Waals surface area contributed by atoms with Gasteiger partial charge in [0.25, 0.3) is 0 Å². The third kappa shape index (κ3) is 13.5. The van der Waals surface area contributed by atoms with Gasteiger partial charge in [0.05, 0.1) is 6.61 Å². The number of esters is 2. The Labute approximate surface area is 131 Å². The normalized spacial score (nSPS) is 10.5. The number of nitrogens with zero attached hydrogens (tertiary/aromatic N) is 1. The van der Waals surface area contributed by atoms with Crippen molar-refractivity contribution in [3.05, 3.63) is 0 Å². The number of ketones is 1. The molecule has 0 aromatic carbocycles. The molecule has 0 spiro atoms. The van der Waals surface area contributed by atoms with Crippen LogP contribution in [0.15, 0.2) is 0 Å². The quantitative estimate of drug-likeness (QED) is 0.367. The van der Waals surface area contributed by atoms with Gasteiger partial charge in [-0.3, -0.25) is 19.3 Å². The average molecular weight is 317 g/mol. The molecule has 0 unspecified atom stereocenters. The van der Waals surface area contributed by atoms with Crippen LogP contribution in [0.1, 0.15) is 33.6 Å². The highest BCUT2D eigenvalue weighted by Crippen LogP contribution is 1.98. The van der Waals surface area contributed by atoms with Crippen LogP contribution in [0, 0.1) is 0 Å². The van der Waals surface area contributed by atoms with Gasteiger partial charge in [0.15, 0.2) is 0 Å². The van der Waals surface area contributed by atoms with Gasteiger partial charge in [0.2, 0.25) is 0 Å². The summed E-state index contributed by atoms with van der Waals surface area (Å²) in [6.45, 7) is 7.66. The van der Waals surface area contributed by atoms with Gasteiger partial charge in [0.1, 0.15) is 19.0 Å². The molecule has 0 saturated heterocycles. The van der Waals surface area contributed by atoms with Crippen LogP contribution in [-0.2, 0) is 28.6 Å². The molecule has 0 aromatic rings. The lowest BCUT2D eigenvalue weighted by atomic mass is 10.2. The van der Waals surface area contributed by atoms with E-state index in [2.05, 4.69) is 0 Å². The smallest absolute Gasteiger partial charge is 0.302 e. The number of rotatable bonds is 13. The largest absolute Gasteiger partial charge is 0.465 e. The third-order valence-corrected chi connectivity index (χ3v) is 2.86. The lowest BCUT2D eigenvalue weighted by Gasteiger charge is -2.21. The molecule has 7 heteroatoms. The maximum absolute atomic E-state index is 11.7. The van der Waals surface area contributed by atoms with E-state index in [0.29, 0.717) is 45.7 Å². The third-order valence-electron chi connectivity index (χ3n) is 2.86. The maximum atomic E-state index is 11.7. The van der Waals surface area contributed by atoms with Crippen molar-refractivity contribution >= 4 is 17.7 Å². The Kier molecular flexibility index (Phi) is 12.3. The van der Waals surface area contributed by atoms with Crippen molar-refractivity contribution in [3.8, 4) is 0 Å². The minimum absolute atomic E-state index is 0.124. The number of hydrogen-bond acceptors (Lipinski definition) is 7. The van der Waals surface area contributed by atoms with Gasteiger partial charge in [-0.15, -0.1) is 0 Å². The van der Waals surface area contributed by atoms with E-state index in [1.54, 1.807) is 0 Å². The lowest BCUT2D eigenvalue weighted by Crippen LogP contribution is -2.33. The summed E-state index contributed by atoms with van der Waals surface area (Å²) in [5, 5.41) is 0. The highest BCUT2D eigenvalue weighted by atomic mass is 16.5. The van der Waals surface area contributed by atoms with Crippen molar-refractivity contribution in [1.29, 1.82) is 0 Å². The first-order chi connectivity index (χ1) is 10.5. The molecule has 0 saturated carbocycles. The van der Waals surface area contributed by atoms with E-state index >= 15 is 0 Å². The highest BCUT2D eigenvalue weighted by Gasteiger charge is 2.10. The zero-order chi connectivity index (χ0) is 16.8. The van der Waals surface area contributed by atoms with Gasteiger partial charge in [0, 0.05) is 52.9 Å². The fraction of sp³-hybridized carbons (Fsp3) is 0.800. The molecule has 0 aliphatic rings. The van der Waals surface area contributed by atoms with Crippen LogP contribution in [0.2, 0.25) is 0 Å². The molecule has 7 nitrogen and oxygen atoms in total. The van der Waals surface area contributed by atoms with Gasteiger partial charge < -0.3 is 14.2 Å². The second-order valence-electron chi connectivity index (χ2n) is 4.76. The Morgan fingerprint density at radius 1 is 0.818 bits per heavy atom. The Bertz CT molecular complexity index is 325. The van der Waals surface area contributed by atoms with Gasteiger partial charge in [-0.05, 0) is 6.92 Å². The number of hydrogen-bond donors (Lipinski definition) is 0. The molecule has 0 aliphatic heterocycles. The number of Topliss-reactive ketones (excluding diaryl/α,β-unsaturated/α-hetero) is 1. The van der Waals surface area contributed by atoms with Gasteiger partial charge in [-0.25, -0.2) is 0 Å². The Morgan fingerprint density at radius 2 is 1.36 bits per heavy atom. The molecule has 0 aromatic heterocycles. The minimum atomic E-state index is -0.340. The van der Waals surface area contributed by atoms with E-state index in [-0.39, 0.29) is 30.9 Å². The van der Waals surface area contributed by atoms with Crippen molar-refractivity contribution in [2.24, 2.45) is 0 Å². The molecule has 0 fully saturated rings. The van der Waals surface area contributed by atoms with Crippen molar-refractivity contribution in [3.63, 3.8) is 0 Å². The van der Waals surface area contributed by atoms with E-state index in [9.17, 15) is 14.4 Å². The van der Waals surface area contributed by atoms with Crippen LogP contribution in [0.3, 0.4) is 0 Å². The molecule has 0 N–H and O–H groups in total. The number of carbonyl (C=O) groups excluding carboxylic acids is 3. The standard InChI is InChI=1S/C15H27NO6/c1-4-20-10-6-15(19)5-7-16(8-11-21-13(2)17)9-12-22-14(3)18/h4-12H2,1-3H3. The van der Waals surface area contributed by atoms with Crippen molar-refractivity contribution in [1.82, 2.24) is 4.90 Å². The van der Waals surface area contributed by atoms with E-state index in [4.69, 9.17) is 14.2 Å². The molecule has 0 bridgehead atoms. The Hall–Kier alpha value is -1.47. The summed E-state index contributed by atoms with van der Waals surface area (Å²) in [5.74, 6) is -0.557. The Morgan fingerprint density at radius 3 is 1.82 bits per heavy atom. The van der Waals surface area contributed by atoms with Crippen molar-refractivity contribution in [2.45, 2.75) is 33.6 Å². The SMILES string of the molecule is CCOCCC(=O)CCN(CCOC(C)=O)CCOC(C)=O. The average Bonchev–Trinajstić information content (AvgIpc) is 2.43. The second-order valence-corrected chi connectivity index (χ2v) is 4.76. The summed E-state index contributed by atoms with van der Waals surface area (Å²) in [7, 11) is 0. The van der Waals surface area contributed by atoms with Crippen LogP contribution in [0.25, 0.3) is 0 Å². The summed E-state index contributed by atoms with van der Waals surface area (Å²) >= 11 is 0.